The Bertz CT molecular complexity index is 658. The van der Waals surface area contributed by atoms with Gasteiger partial charge in [0.05, 0.1) is 23.5 Å². The number of benzene rings is 1. The van der Waals surface area contributed by atoms with Crippen molar-refractivity contribution in [3.63, 3.8) is 0 Å². The van der Waals surface area contributed by atoms with E-state index < -0.39 is 12.0 Å². The van der Waals surface area contributed by atoms with Crippen molar-refractivity contribution in [1.29, 1.82) is 0 Å². The summed E-state index contributed by atoms with van der Waals surface area (Å²) in [6.07, 6.45) is 1.45. The fraction of sp³-hybridized carbons (Fsp3) is 0.167. The quantitative estimate of drug-likeness (QED) is 0.772. The number of nitrogens with zero attached hydrogens (tertiary/aromatic N) is 3. The van der Waals surface area contributed by atoms with E-state index in [9.17, 15) is 9.59 Å². The first-order chi connectivity index (χ1) is 10.0. The maximum Gasteiger partial charge on any atom is 0.325 e. The molecule has 3 N–H and O–H groups in total. The summed E-state index contributed by atoms with van der Waals surface area (Å²) in [5, 5.41) is 21.6. The van der Waals surface area contributed by atoms with Gasteiger partial charge in [0.1, 0.15) is 12.2 Å². The van der Waals surface area contributed by atoms with E-state index in [1.807, 2.05) is 0 Å². The third-order valence-corrected chi connectivity index (χ3v) is 2.77. The predicted molar refractivity (Wildman–Crippen MR) is 75.0 cm³/mol. The normalized spacial score (nSPS) is 10.1. The van der Waals surface area contributed by atoms with Gasteiger partial charge >= 0.3 is 12.0 Å². The molecular formula is C12H12ClN5O3. The Labute approximate surface area is 124 Å². The Morgan fingerprint density at radius 1 is 1.33 bits per heavy atom. The number of hydrogen-bond acceptors (Lipinski definition) is 4. The first kappa shape index (κ1) is 14.8. The van der Waals surface area contributed by atoms with Gasteiger partial charge in [-0.3, -0.25) is 4.79 Å². The number of carbonyl (C=O) groups excluding carboxylic acids is 1. The number of carboxylic acids is 1. The number of amides is 2. The van der Waals surface area contributed by atoms with E-state index in [4.69, 9.17) is 16.7 Å². The largest absolute Gasteiger partial charge is 0.480 e. The summed E-state index contributed by atoms with van der Waals surface area (Å²) < 4.78 is 1.17. The Kier molecular flexibility index (Phi) is 4.72. The average molecular weight is 310 g/mol. The molecule has 0 aliphatic rings. The van der Waals surface area contributed by atoms with Crippen molar-refractivity contribution in [3.05, 3.63) is 41.2 Å². The Hall–Kier alpha value is -2.61. The van der Waals surface area contributed by atoms with Crippen LogP contribution in [0.3, 0.4) is 0 Å². The highest BCUT2D eigenvalue weighted by atomic mass is 35.5. The van der Waals surface area contributed by atoms with Gasteiger partial charge in [-0.25, -0.2) is 9.48 Å². The van der Waals surface area contributed by atoms with E-state index in [0.717, 1.165) is 0 Å². The predicted octanol–water partition coefficient (Wildman–Crippen LogP) is 1.34. The number of nitrogens with one attached hydrogen (secondary N) is 2. The second-order valence-corrected chi connectivity index (χ2v) is 4.50. The highest BCUT2D eigenvalue weighted by Gasteiger charge is 2.07. The Morgan fingerprint density at radius 2 is 2.10 bits per heavy atom. The lowest BCUT2D eigenvalue weighted by atomic mass is 10.3. The maximum absolute atomic E-state index is 11.7. The van der Waals surface area contributed by atoms with Gasteiger partial charge in [-0.2, -0.15) is 0 Å². The zero-order valence-electron chi connectivity index (χ0n) is 10.8. The lowest BCUT2D eigenvalue weighted by Gasteiger charge is -2.07. The second kappa shape index (κ2) is 6.71. The molecule has 0 aliphatic heterocycles. The monoisotopic (exact) mass is 309 g/mol. The number of urea groups is 1. The molecule has 9 heteroatoms. The average Bonchev–Trinajstić information content (AvgIpc) is 2.86. The molecule has 0 spiro atoms. The van der Waals surface area contributed by atoms with Gasteiger partial charge in [0, 0.05) is 0 Å². The number of anilines is 1. The third kappa shape index (κ3) is 4.46. The summed E-state index contributed by atoms with van der Waals surface area (Å²) in [5.74, 6) is -1.02. The fourth-order valence-electron chi connectivity index (χ4n) is 1.54. The summed E-state index contributed by atoms with van der Waals surface area (Å²) in [5.41, 5.74) is 0.941. The van der Waals surface area contributed by atoms with Gasteiger partial charge in [-0.1, -0.05) is 28.9 Å². The fourth-order valence-corrected chi connectivity index (χ4v) is 1.72. The minimum Gasteiger partial charge on any atom is -0.480 e. The van der Waals surface area contributed by atoms with Gasteiger partial charge in [0.25, 0.3) is 0 Å². The summed E-state index contributed by atoms with van der Waals surface area (Å²) >= 11 is 5.91. The lowest BCUT2D eigenvalue weighted by molar-refractivity contribution is -0.137. The molecule has 0 fully saturated rings. The highest BCUT2D eigenvalue weighted by molar-refractivity contribution is 6.33. The van der Waals surface area contributed by atoms with E-state index in [1.54, 1.807) is 24.3 Å². The zero-order valence-corrected chi connectivity index (χ0v) is 11.5. The molecule has 0 aliphatic carbocycles. The number of aromatic nitrogens is 3. The van der Waals surface area contributed by atoms with Crippen LogP contribution in [-0.4, -0.2) is 32.1 Å². The molecule has 1 heterocycles. The molecule has 2 aromatic rings. The summed E-state index contributed by atoms with van der Waals surface area (Å²) in [6.45, 7) is -0.158. The highest BCUT2D eigenvalue weighted by Crippen LogP contribution is 2.19. The van der Waals surface area contributed by atoms with Crippen LogP contribution in [0.25, 0.3) is 0 Å². The van der Waals surface area contributed by atoms with Crippen molar-refractivity contribution in [3.8, 4) is 0 Å². The number of halogens is 1. The van der Waals surface area contributed by atoms with Crippen molar-refractivity contribution in [1.82, 2.24) is 20.3 Å². The summed E-state index contributed by atoms with van der Waals surface area (Å²) in [7, 11) is 0. The van der Waals surface area contributed by atoms with E-state index in [1.165, 1.54) is 10.9 Å². The van der Waals surface area contributed by atoms with Gasteiger partial charge in [-0.15, -0.1) is 5.10 Å². The van der Waals surface area contributed by atoms with Crippen molar-refractivity contribution < 1.29 is 14.7 Å². The molecule has 0 saturated carbocycles. The van der Waals surface area contributed by atoms with E-state index in [2.05, 4.69) is 20.9 Å². The molecule has 0 unspecified atom stereocenters. The number of aliphatic carboxylic acids is 1. The van der Waals surface area contributed by atoms with Crippen molar-refractivity contribution in [2.45, 2.75) is 13.1 Å². The molecule has 1 aromatic carbocycles. The van der Waals surface area contributed by atoms with E-state index in [-0.39, 0.29) is 13.1 Å². The molecule has 2 amide bonds. The molecule has 110 valence electrons. The van der Waals surface area contributed by atoms with Gasteiger partial charge < -0.3 is 15.7 Å². The lowest BCUT2D eigenvalue weighted by Crippen LogP contribution is -2.28. The molecule has 0 bridgehead atoms. The van der Waals surface area contributed by atoms with Crippen LogP contribution >= 0.6 is 11.6 Å². The molecule has 2 rings (SSSR count). The first-order valence-corrected chi connectivity index (χ1v) is 6.32. The first-order valence-electron chi connectivity index (χ1n) is 5.95. The summed E-state index contributed by atoms with van der Waals surface area (Å²) in [4.78, 5) is 22.2. The number of hydrogen-bond donors (Lipinski definition) is 3. The standard InChI is InChI=1S/C12H12ClN5O3/c13-9-3-1-2-4-10(9)15-12(21)14-5-8-6-18(17-16-8)7-11(19)20/h1-4,6H,5,7H2,(H,19,20)(H2,14,15,21). The molecule has 8 nitrogen and oxygen atoms in total. The Morgan fingerprint density at radius 3 is 2.81 bits per heavy atom. The zero-order chi connectivity index (χ0) is 15.2. The molecule has 0 atom stereocenters. The van der Waals surface area contributed by atoms with E-state index >= 15 is 0 Å². The van der Waals surface area contributed by atoms with Crippen LogP contribution in [0.5, 0.6) is 0 Å². The van der Waals surface area contributed by atoms with Crippen molar-refractivity contribution >= 4 is 29.3 Å². The Balaban J connectivity index is 1.85. The van der Waals surface area contributed by atoms with Crippen LogP contribution in [-0.2, 0) is 17.9 Å². The van der Waals surface area contributed by atoms with Crippen LogP contribution in [0.2, 0.25) is 5.02 Å². The van der Waals surface area contributed by atoms with Crippen LogP contribution < -0.4 is 10.6 Å². The van der Waals surface area contributed by atoms with Crippen molar-refractivity contribution in [2.75, 3.05) is 5.32 Å². The SMILES string of the molecule is O=C(O)Cn1cc(CNC(=O)Nc2ccccc2Cl)nn1. The minimum atomic E-state index is -1.02. The summed E-state index contributed by atoms with van der Waals surface area (Å²) in [6, 6.07) is 6.39. The smallest absolute Gasteiger partial charge is 0.325 e. The van der Waals surface area contributed by atoms with Crippen LogP contribution in [0.1, 0.15) is 5.69 Å². The van der Waals surface area contributed by atoms with Gasteiger partial charge in [-0.05, 0) is 12.1 Å². The van der Waals surface area contributed by atoms with Crippen LogP contribution in [0, 0.1) is 0 Å². The van der Waals surface area contributed by atoms with Crippen molar-refractivity contribution in [2.24, 2.45) is 0 Å². The molecular weight excluding hydrogens is 298 g/mol. The maximum atomic E-state index is 11.7. The van der Waals surface area contributed by atoms with Gasteiger partial charge in [0.2, 0.25) is 0 Å². The van der Waals surface area contributed by atoms with Crippen LogP contribution in [0.4, 0.5) is 10.5 Å². The van der Waals surface area contributed by atoms with Crippen LogP contribution in [0.15, 0.2) is 30.5 Å². The molecule has 1 aromatic heterocycles. The van der Waals surface area contributed by atoms with E-state index in [0.29, 0.717) is 16.4 Å². The molecule has 0 saturated heterocycles. The minimum absolute atomic E-state index is 0.121. The third-order valence-electron chi connectivity index (χ3n) is 2.44. The van der Waals surface area contributed by atoms with Gasteiger partial charge in [0.15, 0.2) is 0 Å². The number of carbonyl (C=O) groups is 2. The number of para-hydroxylation sites is 1. The molecule has 0 radical (unpaired) electrons. The topological polar surface area (TPSA) is 109 Å². The second-order valence-electron chi connectivity index (χ2n) is 4.09. The molecule has 21 heavy (non-hydrogen) atoms. The number of carboxylic acid groups (broad SMARTS) is 1. The number of rotatable bonds is 5.